The molecule has 1 aliphatic carbocycles. The summed E-state index contributed by atoms with van der Waals surface area (Å²) in [6, 6.07) is 8.13. The van der Waals surface area contributed by atoms with E-state index in [1.807, 2.05) is 18.2 Å². The maximum absolute atomic E-state index is 12.2. The SMILES string of the molecule is C[C@@H](NC1CCS(=O)(=O)c2ccccc21)C1CCCCC1. The van der Waals surface area contributed by atoms with Crippen molar-refractivity contribution in [3.8, 4) is 0 Å². The molecule has 4 heteroatoms. The van der Waals surface area contributed by atoms with Crippen LogP contribution in [0.5, 0.6) is 0 Å². The minimum atomic E-state index is -3.08. The molecule has 2 aliphatic rings. The van der Waals surface area contributed by atoms with Crippen LogP contribution >= 0.6 is 0 Å². The zero-order chi connectivity index (χ0) is 14.9. The number of hydrogen-bond acceptors (Lipinski definition) is 3. The van der Waals surface area contributed by atoms with Gasteiger partial charge in [-0.05, 0) is 43.7 Å². The molecule has 1 heterocycles. The number of benzene rings is 1. The molecule has 0 saturated heterocycles. The van der Waals surface area contributed by atoms with E-state index in [0.717, 1.165) is 11.5 Å². The van der Waals surface area contributed by atoms with Crippen LogP contribution in [0, 0.1) is 5.92 Å². The van der Waals surface area contributed by atoms with E-state index in [-0.39, 0.29) is 11.8 Å². The van der Waals surface area contributed by atoms with Crippen LogP contribution in [0.25, 0.3) is 0 Å². The zero-order valence-corrected chi connectivity index (χ0v) is 13.5. The number of fused-ring (bicyclic) bond motifs is 1. The van der Waals surface area contributed by atoms with Crippen molar-refractivity contribution in [2.24, 2.45) is 5.92 Å². The predicted octanol–water partition coefficient (Wildman–Crippen LogP) is 3.46. The fraction of sp³-hybridized carbons (Fsp3) is 0.647. The molecule has 0 spiro atoms. The minimum Gasteiger partial charge on any atom is -0.307 e. The number of hydrogen-bond donors (Lipinski definition) is 1. The Morgan fingerprint density at radius 1 is 1.10 bits per heavy atom. The molecular formula is C17H25NO2S. The third-order valence-electron chi connectivity index (χ3n) is 5.13. The topological polar surface area (TPSA) is 46.2 Å². The standard InChI is InChI=1S/C17H25NO2S/c1-13(14-7-3-2-4-8-14)18-16-11-12-21(19,20)17-10-6-5-9-15(16)17/h5-6,9-10,13-14,16,18H,2-4,7-8,11-12H2,1H3/t13-,16?/m1/s1. The summed E-state index contributed by atoms with van der Waals surface area (Å²) < 4.78 is 24.4. The Labute approximate surface area is 128 Å². The lowest BCUT2D eigenvalue weighted by atomic mass is 9.84. The van der Waals surface area contributed by atoms with Crippen LogP contribution in [0.1, 0.15) is 57.1 Å². The van der Waals surface area contributed by atoms with Crippen molar-refractivity contribution in [1.82, 2.24) is 5.32 Å². The van der Waals surface area contributed by atoms with Crippen molar-refractivity contribution >= 4 is 9.84 Å². The zero-order valence-electron chi connectivity index (χ0n) is 12.7. The van der Waals surface area contributed by atoms with E-state index in [0.29, 0.717) is 17.4 Å². The van der Waals surface area contributed by atoms with Gasteiger partial charge in [-0.1, -0.05) is 37.5 Å². The quantitative estimate of drug-likeness (QED) is 0.930. The maximum atomic E-state index is 12.2. The van der Waals surface area contributed by atoms with Gasteiger partial charge >= 0.3 is 0 Å². The summed E-state index contributed by atoms with van der Waals surface area (Å²) in [7, 11) is -3.08. The van der Waals surface area contributed by atoms with E-state index in [1.165, 1.54) is 32.1 Å². The van der Waals surface area contributed by atoms with Crippen LogP contribution in [-0.2, 0) is 9.84 Å². The van der Waals surface area contributed by atoms with Crippen LogP contribution in [0.4, 0.5) is 0 Å². The molecule has 1 fully saturated rings. The van der Waals surface area contributed by atoms with Crippen molar-refractivity contribution in [1.29, 1.82) is 0 Å². The van der Waals surface area contributed by atoms with Gasteiger partial charge in [-0.25, -0.2) is 8.42 Å². The molecule has 1 saturated carbocycles. The summed E-state index contributed by atoms with van der Waals surface area (Å²) in [5.74, 6) is 1.00. The lowest BCUT2D eigenvalue weighted by molar-refractivity contribution is 0.261. The second kappa shape index (κ2) is 6.09. The number of sulfone groups is 1. The van der Waals surface area contributed by atoms with Gasteiger partial charge in [-0.3, -0.25) is 0 Å². The van der Waals surface area contributed by atoms with Gasteiger partial charge in [0.15, 0.2) is 9.84 Å². The third kappa shape index (κ3) is 3.16. The van der Waals surface area contributed by atoms with Gasteiger partial charge in [0.05, 0.1) is 10.6 Å². The summed E-state index contributed by atoms with van der Waals surface area (Å²) in [4.78, 5) is 0.532. The highest BCUT2D eigenvalue weighted by molar-refractivity contribution is 7.91. The Kier molecular flexibility index (Phi) is 4.36. The van der Waals surface area contributed by atoms with Gasteiger partial charge in [0, 0.05) is 12.1 Å². The summed E-state index contributed by atoms with van der Waals surface area (Å²) in [6.45, 7) is 2.27. The van der Waals surface area contributed by atoms with Crippen LogP contribution < -0.4 is 5.32 Å². The van der Waals surface area contributed by atoms with Gasteiger partial charge in [0.25, 0.3) is 0 Å². The van der Waals surface area contributed by atoms with Crippen LogP contribution in [-0.4, -0.2) is 20.2 Å². The first-order valence-electron chi connectivity index (χ1n) is 8.15. The van der Waals surface area contributed by atoms with Crippen molar-refractivity contribution in [3.63, 3.8) is 0 Å². The van der Waals surface area contributed by atoms with Gasteiger partial charge in [-0.2, -0.15) is 0 Å². The lowest BCUT2D eigenvalue weighted by Gasteiger charge is -2.34. The van der Waals surface area contributed by atoms with Crippen LogP contribution in [0.3, 0.4) is 0 Å². The molecule has 116 valence electrons. The first-order valence-corrected chi connectivity index (χ1v) is 9.81. The smallest absolute Gasteiger partial charge is 0.178 e. The Morgan fingerprint density at radius 3 is 2.57 bits per heavy atom. The molecule has 2 atom stereocenters. The van der Waals surface area contributed by atoms with Crippen LogP contribution in [0.2, 0.25) is 0 Å². The molecule has 1 N–H and O–H groups in total. The van der Waals surface area contributed by atoms with E-state index >= 15 is 0 Å². The molecule has 0 amide bonds. The average Bonchev–Trinajstić information content (AvgIpc) is 2.51. The molecule has 1 aromatic rings. The highest BCUT2D eigenvalue weighted by atomic mass is 32.2. The predicted molar refractivity (Wildman–Crippen MR) is 85.0 cm³/mol. The lowest BCUT2D eigenvalue weighted by Crippen LogP contribution is -2.39. The summed E-state index contributed by atoms with van der Waals surface area (Å²) in [6.07, 6.45) is 7.35. The normalized spacial score (nSPS) is 27.0. The van der Waals surface area contributed by atoms with E-state index < -0.39 is 9.84 Å². The molecular weight excluding hydrogens is 282 g/mol. The van der Waals surface area contributed by atoms with Gasteiger partial charge in [0.1, 0.15) is 0 Å². The van der Waals surface area contributed by atoms with Gasteiger partial charge in [0.2, 0.25) is 0 Å². The largest absolute Gasteiger partial charge is 0.307 e. The average molecular weight is 307 g/mol. The second-order valence-corrected chi connectivity index (χ2v) is 8.63. The first kappa shape index (κ1) is 15.0. The number of nitrogens with one attached hydrogen (secondary N) is 1. The molecule has 3 rings (SSSR count). The third-order valence-corrected chi connectivity index (χ3v) is 6.94. The van der Waals surface area contributed by atoms with Crippen molar-refractivity contribution in [2.75, 3.05) is 5.75 Å². The maximum Gasteiger partial charge on any atom is 0.178 e. The number of rotatable bonds is 3. The molecule has 1 aliphatic heterocycles. The van der Waals surface area contributed by atoms with E-state index in [9.17, 15) is 8.42 Å². The molecule has 0 aromatic heterocycles. The highest BCUT2D eigenvalue weighted by Crippen LogP contribution is 2.34. The molecule has 1 aromatic carbocycles. The summed E-state index contributed by atoms with van der Waals surface area (Å²) >= 11 is 0. The fourth-order valence-electron chi connectivity index (χ4n) is 3.85. The Hall–Kier alpha value is -0.870. The summed E-state index contributed by atoms with van der Waals surface area (Å²) in [5.41, 5.74) is 0.964. The van der Waals surface area contributed by atoms with Crippen molar-refractivity contribution < 1.29 is 8.42 Å². The monoisotopic (exact) mass is 307 g/mol. The summed E-state index contributed by atoms with van der Waals surface area (Å²) in [5, 5.41) is 3.72. The molecule has 1 unspecified atom stereocenters. The second-order valence-electron chi connectivity index (χ2n) is 6.55. The van der Waals surface area contributed by atoms with Crippen molar-refractivity contribution in [3.05, 3.63) is 29.8 Å². The van der Waals surface area contributed by atoms with E-state index in [1.54, 1.807) is 6.07 Å². The molecule has 0 bridgehead atoms. The molecule has 0 radical (unpaired) electrons. The van der Waals surface area contributed by atoms with E-state index in [4.69, 9.17) is 0 Å². The van der Waals surface area contributed by atoms with E-state index in [2.05, 4.69) is 12.2 Å². The first-order chi connectivity index (χ1) is 10.1. The molecule has 21 heavy (non-hydrogen) atoms. The van der Waals surface area contributed by atoms with Crippen molar-refractivity contribution in [2.45, 2.75) is 62.4 Å². The fourth-order valence-corrected chi connectivity index (χ4v) is 5.47. The highest BCUT2D eigenvalue weighted by Gasteiger charge is 2.31. The Balaban J connectivity index is 1.77. The Bertz CT molecular complexity index is 591. The van der Waals surface area contributed by atoms with Crippen LogP contribution in [0.15, 0.2) is 29.2 Å². The Morgan fingerprint density at radius 2 is 1.81 bits per heavy atom. The van der Waals surface area contributed by atoms with Gasteiger partial charge in [-0.15, -0.1) is 0 Å². The molecule has 3 nitrogen and oxygen atoms in total. The minimum absolute atomic E-state index is 0.182. The van der Waals surface area contributed by atoms with Gasteiger partial charge < -0.3 is 5.32 Å².